The highest BCUT2D eigenvalue weighted by Gasteiger charge is 2.34. The number of carbonyl (C=O) groups is 1. The first kappa shape index (κ1) is 16.5. The number of nitrogens with zero attached hydrogens (tertiary/aromatic N) is 4. The van der Waals surface area contributed by atoms with Crippen molar-refractivity contribution in [3.63, 3.8) is 0 Å². The van der Waals surface area contributed by atoms with Crippen LogP contribution in [0, 0.1) is 13.8 Å². The quantitative estimate of drug-likeness (QED) is 0.868. The van der Waals surface area contributed by atoms with E-state index < -0.39 is 11.9 Å². The Labute approximate surface area is 129 Å². The predicted molar refractivity (Wildman–Crippen MR) is 75.6 cm³/mol. The second-order valence-electron chi connectivity index (χ2n) is 4.95. The van der Waals surface area contributed by atoms with Crippen LogP contribution in [0.3, 0.4) is 0 Å². The van der Waals surface area contributed by atoms with Gasteiger partial charge in [0.05, 0.1) is 17.8 Å². The molecule has 0 fully saturated rings. The Bertz CT molecular complexity index is 705. The maximum absolute atomic E-state index is 12.5. The number of halogens is 3. The lowest BCUT2D eigenvalue weighted by molar-refractivity contribution is -0.140. The van der Waals surface area contributed by atoms with Crippen molar-refractivity contribution in [3.8, 4) is 0 Å². The third-order valence-corrected chi connectivity index (χ3v) is 4.12. The number of aromatic nitrogens is 3. The fourth-order valence-electron chi connectivity index (χ4n) is 2.06. The Kier molecular flexibility index (Phi) is 4.28. The molecule has 0 saturated carbocycles. The molecule has 0 aliphatic heterocycles. The molecule has 0 atom stereocenters. The molecule has 2 heterocycles. The summed E-state index contributed by atoms with van der Waals surface area (Å²) in [7, 11) is 3.26. The molecule has 1 amide bonds. The molecule has 0 radical (unpaired) electrons. The number of carbonyl (C=O) groups excluding carboxylic acids is 1. The topological polar surface area (TPSA) is 51.0 Å². The van der Waals surface area contributed by atoms with Gasteiger partial charge in [0, 0.05) is 25.2 Å². The fraction of sp³-hybridized carbons (Fsp3) is 0.462. The lowest BCUT2D eigenvalue weighted by atomic mass is 10.2. The van der Waals surface area contributed by atoms with Gasteiger partial charge in [-0.25, -0.2) is 4.98 Å². The molecule has 0 aliphatic carbocycles. The van der Waals surface area contributed by atoms with Crippen molar-refractivity contribution in [2.24, 2.45) is 7.05 Å². The van der Waals surface area contributed by atoms with E-state index in [2.05, 4.69) is 10.1 Å². The van der Waals surface area contributed by atoms with Crippen LogP contribution < -0.4 is 0 Å². The summed E-state index contributed by atoms with van der Waals surface area (Å²) in [5.41, 5.74) is 0.844. The standard InChI is InChI=1S/C13H15F3N4OS/c1-7-11(8(2)20(4)18-7)12(21)19(3)5-10-17-9(6-22-10)13(14,15)16/h6H,5H2,1-4H3. The summed E-state index contributed by atoms with van der Waals surface area (Å²) < 4.78 is 39.2. The van der Waals surface area contributed by atoms with E-state index in [1.807, 2.05) is 0 Å². The highest BCUT2D eigenvalue weighted by Crippen LogP contribution is 2.30. The van der Waals surface area contributed by atoms with Crippen molar-refractivity contribution in [1.29, 1.82) is 0 Å². The van der Waals surface area contributed by atoms with Gasteiger partial charge in [-0.3, -0.25) is 9.48 Å². The zero-order valence-electron chi connectivity index (χ0n) is 12.5. The van der Waals surface area contributed by atoms with E-state index in [0.29, 0.717) is 17.0 Å². The van der Waals surface area contributed by atoms with Gasteiger partial charge in [-0.15, -0.1) is 11.3 Å². The molecule has 120 valence electrons. The van der Waals surface area contributed by atoms with Gasteiger partial charge in [-0.2, -0.15) is 18.3 Å². The van der Waals surface area contributed by atoms with Gasteiger partial charge in [0.2, 0.25) is 0 Å². The Morgan fingerprint density at radius 3 is 2.50 bits per heavy atom. The van der Waals surface area contributed by atoms with Crippen LogP contribution in [0.5, 0.6) is 0 Å². The van der Waals surface area contributed by atoms with Gasteiger partial charge in [0.15, 0.2) is 5.69 Å². The number of aryl methyl sites for hydroxylation is 2. The maximum Gasteiger partial charge on any atom is 0.434 e. The summed E-state index contributed by atoms with van der Waals surface area (Å²) in [6.45, 7) is 3.51. The van der Waals surface area contributed by atoms with Gasteiger partial charge in [0.1, 0.15) is 5.01 Å². The summed E-state index contributed by atoms with van der Waals surface area (Å²) in [6.07, 6.45) is -4.46. The molecule has 5 nitrogen and oxygen atoms in total. The van der Waals surface area contributed by atoms with E-state index in [1.54, 1.807) is 25.6 Å². The molecular formula is C13H15F3N4OS. The van der Waals surface area contributed by atoms with E-state index in [-0.39, 0.29) is 17.5 Å². The number of hydrogen-bond acceptors (Lipinski definition) is 4. The summed E-state index contributed by atoms with van der Waals surface area (Å²) in [6, 6.07) is 0. The van der Waals surface area contributed by atoms with Crippen LogP contribution in [0.4, 0.5) is 13.2 Å². The molecule has 0 saturated heterocycles. The Hall–Kier alpha value is -1.90. The van der Waals surface area contributed by atoms with Crippen LogP contribution in [-0.4, -0.2) is 32.6 Å². The second-order valence-corrected chi connectivity index (χ2v) is 5.90. The van der Waals surface area contributed by atoms with E-state index >= 15 is 0 Å². The highest BCUT2D eigenvalue weighted by atomic mass is 32.1. The Balaban J connectivity index is 2.17. The molecule has 0 spiro atoms. The zero-order valence-corrected chi connectivity index (χ0v) is 13.3. The van der Waals surface area contributed by atoms with Crippen LogP contribution in [-0.2, 0) is 19.8 Å². The van der Waals surface area contributed by atoms with Crippen LogP contribution in [0.15, 0.2) is 5.38 Å². The summed E-state index contributed by atoms with van der Waals surface area (Å²) in [5.74, 6) is -0.285. The molecule has 0 N–H and O–H groups in total. The van der Waals surface area contributed by atoms with Crippen LogP contribution in [0.25, 0.3) is 0 Å². The van der Waals surface area contributed by atoms with Crippen molar-refractivity contribution in [3.05, 3.63) is 33.0 Å². The average molecular weight is 332 g/mol. The molecule has 2 aromatic rings. The van der Waals surface area contributed by atoms with Gasteiger partial charge < -0.3 is 4.90 Å². The summed E-state index contributed by atoms with van der Waals surface area (Å²) in [5, 5.41) is 5.36. The smallest absolute Gasteiger partial charge is 0.335 e. The largest absolute Gasteiger partial charge is 0.434 e. The molecule has 2 rings (SSSR count). The minimum absolute atomic E-state index is 0.0212. The first-order chi connectivity index (χ1) is 10.1. The monoisotopic (exact) mass is 332 g/mol. The van der Waals surface area contributed by atoms with E-state index in [4.69, 9.17) is 0 Å². The maximum atomic E-state index is 12.5. The van der Waals surface area contributed by atoms with Crippen molar-refractivity contribution in [1.82, 2.24) is 19.7 Å². The van der Waals surface area contributed by atoms with Gasteiger partial charge >= 0.3 is 6.18 Å². The molecular weight excluding hydrogens is 317 g/mol. The van der Waals surface area contributed by atoms with Crippen LogP contribution in [0.1, 0.15) is 32.4 Å². The number of rotatable bonds is 3. The Morgan fingerprint density at radius 1 is 1.41 bits per heavy atom. The fourth-order valence-corrected chi connectivity index (χ4v) is 2.92. The lowest BCUT2D eigenvalue weighted by Gasteiger charge is -2.16. The van der Waals surface area contributed by atoms with Gasteiger partial charge in [-0.1, -0.05) is 0 Å². The molecule has 0 aromatic carbocycles. The van der Waals surface area contributed by atoms with Crippen LogP contribution in [0.2, 0.25) is 0 Å². The Morgan fingerprint density at radius 2 is 2.05 bits per heavy atom. The minimum atomic E-state index is -4.46. The number of hydrogen-bond donors (Lipinski definition) is 0. The summed E-state index contributed by atoms with van der Waals surface area (Å²) >= 11 is 0.885. The number of amides is 1. The zero-order chi connectivity index (χ0) is 16.7. The molecule has 0 bridgehead atoms. The second kappa shape index (κ2) is 5.71. The van der Waals surface area contributed by atoms with Crippen LogP contribution >= 0.6 is 11.3 Å². The van der Waals surface area contributed by atoms with Crippen molar-refractivity contribution in [2.45, 2.75) is 26.6 Å². The first-order valence-corrected chi connectivity index (χ1v) is 7.26. The average Bonchev–Trinajstić information content (AvgIpc) is 2.95. The van der Waals surface area contributed by atoms with E-state index in [0.717, 1.165) is 16.7 Å². The van der Waals surface area contributed by atoms with Crippen molar-refractivity contribution in [2.75, 3.05) is 7.05 Å². The van der Waals surface area contributed by atoms with Gasteiger partial charge in [0.25, 0.3) is 5.91 Å². The minimum Gasteiger partial charge on any atom is -0.335 e. The summed E-state index contributed by atoms with van der Waals surface area (Å²) in [4.78, 5) is 17.3. The SMILES string of the molecule is Cc1nn(C)c(C)c1C(=O)N(C)Cc1nc(C(F)(F)F)cs1. The molecule has 0 unspecified atom stereocenters. The van der Waals surface area contributed by atoms with Gasteiger partial charge in [-0.05, 0) is 13.8 Å². The molecule has 9 heteroatoms. The first-order valence-electron chi connectivity index (χ1n) is 6.38. The lowest BCUT2D eigenvalue weighted by Crippen LogP contribution is -2.27. The third kappa shape index (κ3) is 3.13. The van der Waals surface area contributed by atoms with Crippen molar-refractivity contribution >= 4 is 17.2 Å². The van der Waals surface area contributed by atoms with E-state index in [1.165, 1.54) is 11.9 Å². The molecule has 2 aromatic heterocycles. The molecule has 0 aliphatic rings. The predicted octanol–water partition coefficient (Wildman–Crippen LogP) is 2.78. The van der Waals surface area contributed by atoms with E-state index in [9.17, 15) is 18.0 Å². The normalized spacial score (nSPS) is 11.8. The number of alkyl halides is 3. The number of thiazole rings is 1. The third-order valence-electron chi connectivity index (χ3n) is 3.28. The van der Waals surface area contributed by atoms with Crippen molar-refractivity contribution < 1.29 is 18.0 Å². The highest BCUT2D eigenvalue weighted by molar-refractivity contribution is 7.09. The molecule has 22 heavy (non-hydrogen) atoms.